The number of fused-ring (bicyclic) bond motifs is 1. The lowest BCUT2D eigenvalue weighted by molar-refractivity contribution is 0.0695. The number of carboxylic acid groups (broad SMARTS) is 1. The molecule has 0 aromatic carbocycles. The van der Waals surface area contributed by atoms with Gasteiger partial charge in [0.15, 0.2) is 0 Å². The highest BCUT2D eigenvalue weighted by molar-refractivity contribution is 5.91. The summed E-state index contributed by atoms with van der Waals surface area (Å²) in [6.07, 6.45) is 1.76. The number of aromatic carboxylic acids is 1. The first-order valence-corrected chi connectivity index (χ1v) is 4.01. The molecule has 2 N–H and O–H groups in total. The Morgan fingerprint density at radius 2 is 2.29 bits per heavy atom. The van der Waals surface area contributed by atoms with E-state index < -0.39 is 11.5 Å². The van der Waals surface area contributed by atoms with Crippen LogP contribution in [0, 0.1) is 0 Å². The van der Waals surface area contributed by atoms with Crippen molar-refractivity contribution in [2.45, 2.75) is 0 Å². The van der Waals surface area contributed by atoms with Gasteiger partial charge in [0.1, 0.15) is 5.56 Å². The molecule has 0 spiro atoms. The summed E-state index contributed by atoms with van der Waals surface area (Å²) in [5.74, 6) is -1.21. The SMILES string of the molecule is Cn1ccc2[nH]c(=O)c(C(=O)O)cc21. The molecular weight excluding hydrogens is 184 g/mol. The fourth-order valence-corrected chi connectivity index (χ4v) is 1.38. The molecule has 2 aromatic heterocycles. The molecule has 0 atom stereocenters. The van der Waals surface area contributed by atoms with E-state index in [2.05, 4.69) is 4.98 Å². The van der Waals surface area contributed by atoms with Gasteiger partial charge in [-0.05, 0) is 12.1 Å². The Hall–Kier alpha value is -2.04. The van der Waals surface area contributed by atoms with Gasteiger partial charge in [0, 0.05) is 13.2 Å². The van der Waals surface area contributed by atoms with Crippen LogP contribution in [0.25, 0.3) is 11.0 Å². The van der Waals surface area contributed by atoms with Crippen molar-refractivity contribution >= 4 is 17.0 Å². The van der Waals surface area contributed by atoms with E-state index in [0.717, 1.165) is 0 Å². The maximum atomic E-state index is 11.2. The molecule has 0 amide bonds. The number of nitrogens with one attached hydrogen (secondary N) is 1. The Morgan fingerprint density at radius 1 is 1.57 bits per heavy atom. The first-order chi connectivity index (χ1) is 6.59. The van der Waals surface area contributed by atoms with E-state index in [1.165, 1.54) is 6.07 Å². The van der Waals surface area contributed by atoms with Crippen molar-refractivity contribution < 1.29 is 9.90 Å². The van der Waals surface area contributed by atoms with E-state index in [4.69, 9.17) is 5.11 Å². The highest BCUT2D eigenvalue weighted by Crippen LogP contribution is 2.10. The van der Waals surface area contributed by atoms with Crippen LogP contribution < -0.4 is 5.56 Å². The topological polar surface area (TPSA) is 75.1 Å². The van der Waals surface area contributed by atoms with Gasteiger partial charge in [0.2, 0.25) is 0 Å². The maximum absolute atomic E-state index is 11.2. The summed E-state index contributed by atoms with van der Waals surface area (Å²) in [5.41, 5.74) is 0.528. The predicted molar refractivity (Wildman–Crippen MR) is 50.5 cm³/mol. The first-order valence-electron chi connectivity index (χ1n) is 4.01. The number of hydrogen-bond donors (Lipinski definition) is 2. The van der Waals surface area contributed by atoms with Gasteiger partial charge in [0.05, 0.1) is 11.0 Å². The summed E-state index contributed by atoms with van der Waals surface area (Å²) in [6.45, 7) is 0. The Morgan fingerprint density at radius 3 is 2.93 bits per heavy atom. The van der Waals surface area contributed by atoms with Crippen LogP contribution in [-0.4, -0.2) is 20.6 Å². The highest BCUT2D eigenvalue weighted by Gasteiger charge is 2.10. The van der Waals surface area contributed by atoms with E-state index >= 15 is 0 Å². The number of pyridine rings is 1. The van der Waals surface area contributed by atoms with Crippen molar-refractivity contribution in [1.82, 2.24) is 9.55 Å². The van der Waals surface area contributed by atoms with Gasteiger partial charge in [-0.15, -0.1) is 0 Å². The number of aryl methyl sites for hydroxylation is 1. The molecule has 2 heterocycles. The minimum absolute atomic E-state index is 0.237. The molecule has 72 valence electrons. The summed E-state index contributed by atoms with van der Waals surface area (Å²) >= 11 is 0. The van der Waals surface area contributed by atoms with E-state index in [-0.39, 0.29) is 5.56 Å². The van der Waals surface area contributed by atoms with Crippen molar-refractivity contribution in [3.63, 3.8) is 0 Å². The molecule has 5 heteroatoms. The number of nitrogens with zero attached hydrogens (tertiary/aromatic N) is 1. The fraction of sp³-hybridized carbons (Fsp3) is 0.111. The number of aromatic nitrogens is 2. The Kier molecular flexibility index (Phi) is 1.67. The summed E-state index contributed by atoms with van der Waals surface area (Å²) in [4.78, 5) is 24.4. The van der Waals surface area contributed by atoms with E-state index in [1.807, 2.05) is 0 Å². The predicted octanol–water partition coefficient (Wildman–Crippen LogP) is 0.565. The van der Waals surface area contributed by atoms with Crippen LogP contribution in [0.1, 0.15) is 10.4 Å². The molecule has 0 fully saturated rings. The lowest BCUT2D eigenvalue weighted by Crippen LogP contribution is -2.16. The van der Waals surface area contributed by atoms with Crippen LogP contribution >= 0.6 is 0 Å². The number of carbonyl (C=O) groups is 1. The molecule has 0 saturated heterocycles. The van der Waals surface area contributed by atoms with Crippen molar-refractivity contribution in [2.24, 2.45) is 7.05 Å². The second-order valence-electron chi connectivity index (χ2n) is 3.04. The largest absolute Gasteiger partial charge is 0.477 e. The average Bonchev–Trinajstić information content (AvgIpc) is 2.46. The molecular formula is C9H8N2O3. The van der Waals surface area contributed by atoms with Gasteiger partial charge in [-0.3, -0.25) is 4.79 Å². The lowest BCUT2D eigenvalue weighted by Gasteiger charge is -1.97. The second kappa shape index (κ2) is 2.73. The Labute approximate surface area is 78.6 Å². The number of rotatable bonds is 1. The van der Waals surface area contributed by atoms with E-state index in [9.17, 15) is 9.59 Å². The molecule has 2 rings (SSSR count). The van der Waals surface area contributed by atoms with E-state index in [1.54, 1.807) is 23.9 Å². The number of aromatic amines is 1. The zero-order valence-corrected chi connectivity index (χ0v) is 7.44. The summed E-state index contributed by atoms with van der Waals surface area (Å²) in [7, 11) is 1.78. The summed E-state index contributed by atoms with van der Waals surface area (Å²) in [6, 6.07) is 3.10. The van der Waals surface area contributed by atoms with Crippen LogP contribution in [0.5, 0.6) is 0 Å². The van der Waals surface area contributed by atoms with Gasteiger partial charge < -0.3 is 14.7 Å². The third kappa shape index (κ3) is 1.10. The molecule has 0 aliphatic rings. The average molecular weight is 192 g/mol. The number of carboxylic acids is 1. The van der Waals surface area contributed by atoms with Crippen molar-refractivity contribution in [2.75, 3.05) is 0 Å². The van der Waals surface area contributed by atoms with E-state index in [0.29, 0.717) is 11.0 Å². The molecule has 0 aliphatic carbocycles. The van der Waals surface area contributed by atoms with Crippen molar-refractivity contribution in [3.8, 4) is 0 Å². The van der Waals surface area contributed by atoms with Crippen molar-refractivity contribution in [1.29, 1.82) is 0 Å². The molecule has 0 unspecified atom stereocenters. The second-order valence-corrected chi connectivity index (χ2v) is 3.04. The quantitative estimate of drug-likeness (QED) is 0.693. The number of H-pyrrole nitrogens is 1. The third-order valence-corrected chi connectivity index (χ3v) is 2.13. The number of hydrogen-bond acceptors (Lipinski definition) is 2. The zero-order valence-electron chi connectivity index (χ0n) is 7.44. The van der Waals surface area contributed by atoms with Gasteiger partial charge in [-0.2, -0.15) is 0 Å². The zero-order chi connectivity index (χ0) is 10.3. The van der Waals surface area contributed by atoms with Crippen LogP contribution in [0.4, 0.5) is 0 Å². The Balaban J connectivity index is 2.87. The van der Waals surface area contributed by atoms with Crippen LogP contribution in [-0.2, 0) is 7.05 Å². The van der Waals surface area contributed by atoms with Crippen molar-refractivity contribution in [3.05, 3.63) is 34.2 Å². The molecule has 5 nitrogen and oxygen atoms in total. The normalized spacial score (nSPS) is 10.6. The molecule has 0 radical (unpaired) electrons. The van der Waals surface area contributed by atoms with Crippen LogP contribution in [0.15, 0.2) is 23.1 Å². The van der Waals surface area contributed by atoms with Gasteiger partial charge in [0.25, 0.3) is 5.56 Å². The highest BCUT2D eigenvalue weighted by atomic mass is 16.4. The minimum atomic E-state index is -1.21. The molecule has 0 aliphatic heterocycles. The van der Waals surface area contributed by atoms with Gasteiger partial charge in [-0.25, -0.2) is 4.79 Å². The van der Waals surface area contributed by atoms with Gasteiger partial charge in [-0.1, -0.05) is 0 Å². The lowest BCUT2D eigenvalue weighted by atomic mass is 10.2. The Bertz CT molecular complexity index is 565. The smallest absolute Gasteiger partial charge is 0.341 e. The first kappa shape index (κ1) is 8.55. The summed E-state index contributed by atoms with van der Waals surface area (Å²) < 4.78 is 1.75. The molecule has 0 saturated carbocycles. The summed E-state index contributed by atoms with van der Waals surface area (Å²) in [5, 5.41) is 8.72. The van der Waals surface area contributed by atoms with Crippen LogP contribution in [0.3, 0.4) is 0 Å². The fourth-order valence-electron chi connectivity index (χ4n) is 1.38. The maximum Gasteiger partial charge on any atom is 0.341 e. The molecule has 2 aromatic rings. The van der Waals surface area contributed by atoms with Gasteiger partial charge >= 0.3 is 5.97 Å². The van der Waals surface area contributed by atoms with Crippen LogP contribution in [0.2, 0.25) is 0 Å². The third-order valence-electron chi connectivity index (χ3n) is 2.13. The molecule has 0 bridgehead atoms. The molecule has 14 heavy (non-hydrogen) atoms. The minimum Gasteiger partial charge on any atom is -0.477 e. The monoisotopic (exact) mass is 192 g/mol. The standard InChI is InChI=1S/C9H8N2O3/c1-11-3-2-6-7(11)4-5(9(13)14)8(12)10-6/h2-4H,1H3,(H,10,12)(H,13,14).